The molecule has 0 radical (unpaired) electrons. The second kappa shape index (κ2) is 11.5. The van der Waals surface area contributed by atoms with Gasteiger partial charge < -0.3 is 24.8 Å². The molecule has 1 aliphatic rings. The summed E-state index contributed by atoms with van der Waals surface area (Å²) in [6.45, 7) is 3.61. The molecule has 0 amide bonds. The smallest absolute Gasteiger partial charge is 0.307 e. The molecule has 4 rings (SSSR count). The number of anilines is 2. The minimum Gasteiger partial charge on any atom is -0.493 e. The Morgan fingerprint density at radius 2 is 2.12 bits per heavy atom. The average molecular weight is 530 g/mol. The summed E-state index contributed by atoms with van der Waals surface area (Å²) >= 11 is 3.49. The lowest BCUT2D eigenvalue weighted by atomic mass is 10.1. The van der Waals surface area contributed by atoms with Gasteiger partial charge in [0.1, 0.15) is 18.8 Å². The number of fused-ring (bicyclic) bond motifs is 1. The Kier molecular flexibility index (Phi) is 8.15. The number of piperazine rings is 1. The van der Waals surface area contributed by atoms with Gasteiger partial charge in [-0.05, 0) is 24.3 Å². The van der Waals surface area contributed by atoms with Crippen molar-refractivity contribution >= 4 is 44.3 Å². The molecule has 0 bridgehead atoms. The highest BCUT2D eigenvalue weighted by atomic mass is 79.9. The molecule has 0 saturated carbocycles. The zero-order chi connectivity index (χ0) is 23.9. The fraction of sp³-hybridized carbons (Fsp3) is 0.375. The third-order valence-corrected chi connectivity index (χ3v) is 6.24. The number of hydrogen-bond donors (Lipinski definition) is 2. The highest BCUT2D eigenvalue weighted by Crippen LogP contribution is 2.35. The highest BCUT2D eigenvalue weighted by Gasteiger charge is 2.25. The van der Waals surface area contributed by atoms with Crippen molar-refractivity contribution in [3.63, 3.8) is 0 Å². The molecule has 0 aliphatic carbocycles. The molecule has 1 aromatic heterocycles. The Bertz CT molecular complexity index is 1150. The van der Waals surface area contributed by atoms with Crippen LogP contribution in [-0.4, -0.2) is 73.9 Å². The molecule has 1 aliphatic heterocycles. The van der Waals surface area contributed by atoms with Gasteiger partial charge in [0.25, 0.3) is 0 Å². The normalized spacial score (nSPS) is 16.3. The van der Waals surface area contributed by atoms with Crippen LogP contribution in [0.15, 0.2) is 47.2 Å². The number of nitrogens with zero attached hydrogens (tertiary/aromatic N) is 3. The molecule has 1 atom stereocenters. The number of hydrogen-bond acceptors (Lipinski definition) is 9. The Hall–Kier alpha value is -2.95. The maximum Gasteiger partial charge on any atom is 0.307 e. The van der Waals surface area contributed by atoms with Crippen molar-refractivity contribution in [1.29, 1.82) is 0 Å². The van der Waals surface area contributed by atoms with Gasteiger partial charge in [-0.1, -0.05) is 22.0 Å². The van der Waals surface area contributed by atoms with Crippen LogP contribution in [0.25, 0.3) is 10.9 Å². The van der Waals surface area contributed by atoms with Crippen LogP contribution in [0.5, 0.6) is 11.5 Å². The molecule has 3 aromatic rings. The molecule has 2 N–H and O–H groups in total. The molecule has 1 saturated heterocycles. The molecule has 2 heterocycles. The van der Waals surface area contributed by atoms with E-state index in [2.05, 4.69) is 41.4 Å². The number of benzene rings is 2. The molecular weight excluding hydrogens is 502 g/mol. The third-order valence-electron chi connectivity index (χ3n) is 5.75. The number of carbonyl (C=O) groups is 1. The molecule has 9 nitrogen and oxygen atoms in total. The van der Waals surface area contributed by atoms with E-state index in [-0.39, 0.29) is 12.0 Å². The van der Waals surface area contributed by atoms with Gasteiger partial charge in [-0.2, -0.15) is 0 Å². The van der Waals surface area contributed by atoms with Gasteiger partial charge in [0, 0.05) is 53.8 Å². The number of aromatic nitrogens is 2. The van der Waals surface area contributed by atoms with Crippen LogP contribution in [0.3, 0.4) is 0 Å². The van der Waals surface area contributed by atoms with E-state index in [4.69, 9.17) is 14.2 Å². The van der Waals surface area contributed by atoms with Gasteiger partial charge in [-0.15, -0.1) is 0 Å². The van der Waals surface area contributed by atoms with Gasteiger partial charge in [-0.3, -0.25) is 9.69 Å². The van der Waals surface area contributed by atoms with Crippen molar-refractivity contribution in [2.45, 2.75) is 12.5 Å². The van der Waals surface area contributed by atoms with Crippen molar-refractivity contribution in [3.05, 3.63) is 47.2 Å². The molecule has 1 fully saturated rings. The predicted octanol–water partition coefficient (Wildman–Crippen LogP) is 3.36. The van der Waals surface area contributed by atoms with E-state index in [0.29, 0.717) is 36.9 Å². The average Bonchev–Trinajstić information content (AvgIpc) is 2.85. The standard InChI is InChI=1S/C24H28BrN5O4/c1-32-21-12-19-20(27-15-28-24(19)29-17-5-3-4-16(25)10-17)13-22(21)34-9-8-30-7-6-26-14-18(30)11-23(31)33-2/h3-5,10,12-13,15,18,26H,6-9,11,14H2,1-2H3,(H,27,28,29). The SMILES string of the molecule is COC(=O)CC1CNCCN1CCOc1cc2ncnc(Nc3cccc(Br)c3)c2cc1OC. The summed E-state index contributed by atoms with van der Waals surface area (Å²) in [5.41, 5.74) is 1.65. The van der Waals surface area contributed by atoms with Crippen molar-refractivity contribution in [3.8, 4) is 11.5 Å². The van der Waals surface area contributed by atoms with Gasteiger partial charge in [-0.25, -0.2) is 9.97 Å². The minimum absolute atomic E-state index is 0.0858. The lowest BCUT2D eigenvalue weighted by molar-refractivity contribution is -0.142. The van der Waals surface area contributed by atoms with E-state index in [1.165, 1.54) is 13.4 Å². The topological polar surface area (TPSA) is 97.8 Å². The summed E-state index contributed by atoms with van der Waals surface area (Å²) < 4.78 is 17.5. The first-order chi connectivity index (χ1) is 16.6. The second-order valence-electron chi connectivity index (χ2n) is 7.90. The summed E-state index contributed by atoms with van der Waals surface area (Å²) in [4.78, 5) is 22.8. The zero-order valence-electron chi connectivity index (χ0n) is 19.2. The van der Waals surface area contributed by atoms with Crippen molar-refractivity contribution in [2.75, 3.05) is 52.3 Å². The van der Waals surface area contributed by atoms with Crippen LogP contribution in [0.2, 0.25) is 0 Å². The van der Waals surface area contributed by atoms with E-state index in [1.54, 1.807) is 7.11 Å². The molecule has 2 aromatic carbocycles. The van der Waals surface area contributed by atoms with Gasteiger partial charge in [0.15, 0.2) is 11.5 Å². The van der Waals surface area contributed by atoms with Crippen molar-refractivity contribution in [2.24, 2.45) is 0 Å². The highest BCUT2D eigenvalue weighted by molar-refractivity contribution is 9.10. The number of halogens is 1. The van der Waals surface area contributed by atoms with Crippen LogP contribution < -0.4 is 20.1 Å². The summed E-state index contributed by atoms with van der Waals surface area (Å²) in [6.07, 6.45) is 1.88. The number of rotatable bonds is 9. The largest absolute Gasteiger partial charge is 0.493 e. The van der Waals surface area contributed by atoms with Crippen molar-refractivity contribution < 1.29 is 19.0 Å². The maximum atomic E-state index is 11.7. The Morgan fingerprint density at radius 1 is 1.24 bits per heavy atom. The van der Waals surface area contributed by atoms with Crippen LogP contribution >= 0.6 is 15.9 Å². The van der Waals surface area contributed by atoms with Crippen LogP contribution in [0.4, 0.5) is 11.5 Å². The maximum absolute atomic E-state index is 11.7. The van der Waals surface area contributed by atoms with Gasteiger partial charge in [0.2, 0.25) is 0 Å². The molecule has 10 heteroatoms. The summed E-state index contributed by atoms with van der Waals surface area (Å²) in [7, 11) is 3.03. The number of methoxy groups -OCH3 is 2. The fourth-order valence-corrected chi connectivity index (χ4v) is 4.39. The lowest BCUT2D eigenvalue weighted by Crippen LogP contribution is -2.53. The summed E-state index contributed by atoms with van der Waals surface area (Å²) in [5, 5.41) is 7.50. The van der Waals surface area contributed by atoms with E-state index < -0.39 is 0 Å². The first kappa shape index (κ1) is 24.2. The van der Waals surface area contributed by atoms with Crippen LogP contribution in [-0.2, 0) is 9.53 Å². The number of nitrogens with one attached hydrogen (secondary N) is 2. The first-order valence-electron chi connectivity index (χ1n) is 11.1. The van der Waals surface area contributed by atoms with Crippen LogP contribution in [0, 0.1) is 0 Å². The Morgan fingerprint density at radius 3 is 2.91 bits per heavy atom. The predicted molar refractivity (Wildman–Crippen MR) is 134 cm³/mol. The Labute approximate surface area is 206 Å². The quantitative estimate of drug-likeness (QED) is 0.404. The van der Waals surface area contributed by atoms with E-state index in [9.17, 15) is 4.79 Å². The van der Waals surface area contributed by atoms with E-state index in [0.717, 1.165) is 40.7 Å². The first-order valence-corrected chi connectivity index (χ1v) is 11.9. The van der Waals surface area contributed by atoms with E-state index >= 15 is 0 Å². The molecule has 180 valence electrons. The third kappa shape index (κ3) is 5.94. The second-order valence-corrected chi connectivity index (χ2v) is 8.82. The Balaban J connectivity index is 1.48. The van der Waals surface area contributed by atoms with Crippen molar-refractivity contribution in [1.82, 2.24) is 20.2 Å². The minimum atomic E-state index is -0.206. The molecular formula is C24H28BrN5O4. The van der Waals surface area contributed by atoms with E-state index in [1.807, 2.05) is 36.4 Å². The lowest BCUT2D eigenvalue weighted by Gasteiger charge is -2.35. The molecule has 1 unspecified atom stereocenters. The van der Waals surface area contributed by atoms with Gasteiger partial charge >= 0.3 is 5.97 Å². The number of carbonyl (C=O) groups excluding carboxylic acids is 1. The number of ether oxygens (including phenoxy) is 3. The number of esters is 1. The van der Waals surface area contributed by atoms with Crippen LogP contribution in [0.1, 0.15) is 6.42 Å². The molecule has 34 heavy (non-hydrogen) atoms. The zero-order valence-corrected chi connectivity index (χ0v) is 20.8. The monoisotopic (exact) mass is 529 g/mol. The van der Waals surface area contributed by atoms with Gasteiger partial charge in [0.05, 0.1) is 26.2 Å². The molecule has 0 spiro atoms. The fourth-order valence-electron chi connectivity index (χ4n) is 3.99. The summed E-state index contributed by atoms with van der Waals surface area (Å²) in [5.74, 6) is 1.69. The summed E-state index contributed by atoms with van der Waals surface area (Å²) in [6, 6.07) is 11.7.